The highest BCUT2D eigenvalue weighted by molar-refractivity contribution is 9.10. The van der Waals surface area contributed by atoms with Gasteiger partial charge in [0.15, 0.2) is 0 Å². The minimum absolute atomic E-state index is 0.177. The first-order valence-electron chi connectivity index (χ1n) is 7.02. The summed E-state index contributed by atoms with van der Waals surface area (Å²) < 4.78 is 7.63. The third kappa shape index (κ3) is 3.32. The van der Waals surface area contributed by atoms with E-state index in [2.05, 4.69) is 26.0 Å². The number of aromatic nitrogens is 2. The number of hydrogen-bond acceptors (Lipinski definition) is 4. The van der Waals surface area contributed by atoms with Crippen LogP contribution in [0, 0.1) is 0 Å². The van der Waals surface area contributed by atoms with Gasteiger partial charge in [0.2, 0.25) is 5.90 Å². The van der Waals surface area contributed by atoms with E-state index in [0.717, 1.165) is 4.47 Å². The number of rotatable bonds is 4. The molecule has 0 amide bonds. The monoisotopic (exact) mass is 351 g/mol. The van der Waals surface area contributed by atoms with Gasteiger partial charge in [-0.2, -0.15) is 4.68 Å². The van der Waals surface area contributed by atoms with Crippen LogP contribution in [-0.4, -0.2) is 22.2 Å². The fraction of sp³-hybridized carbons (Fsp3) is 0.400. The average Bonchev–Trinajstić information content (AvgIpc) is 2.49. The van der Waals surface area contributed by atoms with E-state index in [4.69, 9.17) is 4.74 Å². The first-order chi connectivity index (χ1) is 10.1. The van der Waals surface area contributed by atoms with Crippen molar-refractivity contribution in [1.29, 1.82) is 0 Å². The molecule has 2 aromatic rings. The Morgan fingerprint density at radius 2 is 2.14 bits per heavy atom. The topological polar surface area (TPSA) is 56.5 Å². The smallest absolute Gasteiger partial charge is 0.282 e. The van der Waals surface area contributed by atoms with Crippen molar-refractivity contribution < 1.29 is 4.74 Å². The van der Waals surface area contributed by atoms with Crippen molar-refractivity contribution in [2.24, 2.45) is 5.10 Å². The summed E-state index contributed by atoms with van der Waals surface area (Å²) in [4.78, 5) is 17.2. The molecule has 0 aliphatic carbocycles. The van der Waals surface area contributed by atoms with Gasteiger partial charge in [0, 0.05) is 17.3 Å². The van der Waals surface area contributed by atoms with E-state index in [1.807, 2.05) is 32.9 Å². The molecule has 6 heteroatoms. The van der Waals surface area contributed by atoms with Crippen LogP contribution in [0.25, 0.3) is 10.9 Å². The summed E-state index contributed by atoms with van der Waals surface area (Å²) in [6.07, 6.45) is 1.24. The van der Waals surface area contributed by atoms with Crippen LogP contribution < -0.4 is 5.56 Å². The Morgan fingerprint density at radius 1 is 1.38 bits per heavy atom. The summed E-state index contributed by atoms with van der Waals surface area (Å²) in [6.45, 7) is 6.31. The van der Waals surface area contributed by atoms with E-state index in [1.165, 1.54) is 4.68 Å². The van der Waals surface area contributed by atoms with Gasteiger partial charge in [0.25, 0.3) is 5.56 Å². The molecular weight excluding hydrogens is 334 g/mol. The average molecular weight is 352 g/mol. The number of nitrogens with zero attached hydrogens (tertiary/aromatic N) is 3. The van der Waals surface area contributed by atoms with Crippen molar-refractivity contribution in [1.82, 2.24) is 9.66 Å². The summed E-state index contributed by atoms with van der Waals surface area (Å²) in [7, 11) is 0. The van der Waals surface area contributed by atoms with E-state index in [-0.39, 0.29) is 5.56 Å². The van der Waals surface area contributed by atoms with Crippen LogP contribution in [0.4, 0.5) is 0 Å². The molecule has 112 valence electrons. The van der Waals surface area contributed by atoms with Gasteiger partial charge >= 0.3 is 0 Å². The van der Waals surface area contributed by atoms with Gasteiger partial charge in [-0.1, -0.05) is 29.8 Å². The molecule has 0 saturated heterocycles. The Hall–Kier alpha value is -1.69. The lowest BCUT2D eigenvalue weighted by Crippen LogP contribution is -2.24. The third-order valence-electron chi connectivity index (χ3n) is 3.02. The van der Waals surface area contributed by atoms with Crippen molar-refractivity contribution >= 4 is 32.7 Å². The van der Waals surface area contributed by atoms with Crippen molar-refractivity contribution in [2.45, 2.75) is 33.6 Å². The molecule has 0 radical (unpaired) electrons. The van der Waals surface area contributed by atoms with E-state index in [1.54, 1.807) is 6.07 Å². The molecule has 2 rings (SSSR count). The first-order valence-corrected chi connectivity index (χ1v) is 7.81. The molecule has 0 saturated carbocycles. The predicted octanol–water partition coefficient (Wildman–Crippen LogP) is 3.33. The Balaban J connectivity index is 2.71. The zero-order valence-electron chi connectivity index (χ0n) is 12.4. The molecule has 5 nitrogen and oxygen atoms in total. The zero-order valence-corrected chi connectivity index (χ0v) is 14.0. The highest BCUT2D eigenvalue weighted by atomic mass is 79.9. The van der Waals surface area contributed by atoms with E-state index < -0.39 is 0 Å². The molecule has 21 heavy (non-hydrogen) atoms. The summed E-state index contributed by atoms with van der Waals surface area (Å²) >= 11 is 3.38. The van der Waals surface area contributed by atoms with Crippen molar-refractivity contribution in [2.75, 3.05) is 6.61 Å². The number of hydrogen-bond donors (Lipinski definition) is 0. The lowest BCUT2D eigenvalue weighted by atomic mass is 10.2. The summed E-state index contributed by atoms with van der Waals surface area (Å²) in [6, 6.07) is 5.47. The van der Waals surface area contributed by atoms with Crippen LogP contribution in [-0.2, 0) is 11.2 Å². The van der Waals surface area contributed by atoms with Crippen molar-refractivity contribution in [3.05, 3.63) is 38.9 Å². The maximum Gasteiger partial charge on any atom is 0.282 e. The molecule has 0 atom stereocenters. The predicted molar refractivity (Wildman–Crippen MR) is 87.8 cm³/mol. The van der Waals surface area contributed by atoms with Gasteiger partial charge in [-0.25, -0.2) is 4.98 Å². The molecular formula is C15H18BrN3O2. The number of halogens is 1. The minimum atomic E-state index is -0.177. The number of fused-ring (bicyclic) bond motifs is 1. The Labute approximate surface area is 131 Å². The Bertz CT molecular complexity index is 738. The fourth-order valence-corrected chi connectivity index (χ4v) is 2.37. The molecule has 0 unspecified atom stereocenters. The SMILES string of the molecule is CCO/C(CC)=N/n1c(CC)nc2ccc(Br)cc2c1=O. The highest BCUT2D eigenvalue weighted by Crippen LogP contribution is 2.16. The second-order valence-corrected chi connectivity index (χ2v) is 5.36. The van der Waals surface area contributed by atoms with Gasteiger partial charge < -0.3 is 4.74 Å². The van der Waals surface area contributed by atoms with E-state index in [0.29, 0.717) is 42.1 Å². The van der Waals surface area contributed by atoms with Crippen molar-refractivity contribution in [3.8, 4) is 0 Å². The maximum atomic E-state index is 12.7. The normalized spacial score (nSPS) is 11.9. The highest BCUT2D eigenvalue weighted by Gasteiger charge is 2.11. The number of aryl methyl sites for hydroxylation is 1. The molecule has 1 aromatic heterocycles. The second kappa shape index (κ2) is 6.85. The summed E-state index contributed by atoms with van der Waals surface area (Å²) in [5.41, 5.74) is 0.504. The molecule has 1 heterocycles. The Kier molecular flexibility index (Phi) is 5.12. The van der Waals surface area contributed by atoms with Gasteiger partial charge in [-0.3, -0.25) is 4.79 Å². The molecule has 0 aliphatic heterocycles. The molecule has 0 N–H and O–H groups in total. The van der Waals surface area contributed by atoms with Crippen LogP contribution in [0.5, 0.6) is 0 Å². The third-order valence-corrected chi connectivity index (χ3v) is 3.51. The van der Waals surface area contributed by atoms with Crippen LogP contribution in [0.1, 0.15) is 33.0 Å². The van der Waals surface area contributed by atoms with Crippen LogP contribution in [0.2, 0.25) is 0 Å². The fourth-order valence-electron chi connectivity index (χ4n) is 2.01. The van der Waals surface area contributed by atoms with Crippen LogP contribution in [0.3, 0.4) is 0 Å². The standard InChI is InChI=1S/C15H18BrN3O2/c1-4-13-17-12-8-7-10(16)9-11(12)15(20)19(13)18-14(5-2)21-6-3/h7-9H,4-6H2,1-3H3/b18-14+. The molecule has 0 fully saturated rings. The lowest BCUT2D eigenvalue weighted by Gasteiger charge is -2.10. The van der Waals surface area contributed by atoms with Gasteiger partial charge in [-0.05, 0) is 25.1 Å². The second-order valence-electron chi connectivity index (χ2n) is 4.44. The van der Waals surface area contributed by atoms with Gasteiger partial charge in [0.1, 0.15) is 5.82 Å². The maximum absolute atomic E-state index is 12.7. The molecule has 0 spiro atoms. The Morgan fingerprint density at radius 3 is 2.76 bits per heavy atom. The first kappa shape index (κ1) is 15.7. The van der Waals surface area contributed by atoms with E-state index in [9.17, 15) is 4.79 Å². The zero-order chi connectivity index (χ0) is 15.4. The number of benzene rings is 1. The quantitative estimate of drug-likeness (QED) is 0.627. The molecule has 0 bridgehead atoms. The van der Waals surface area contributed by atoms with Crippen LogP contribution >= 0.6 is 15.9 Å². The van der Waals surface area contributed by atoms with Gasteiger partial charge in [0.05, 0.1) is 17.5 Å². The van der Waals surface area contributed by atoms with E-state index >= 15 is 0 Å². The van der Waals surface area contributed by atoms with Gasteiger partial charge in [-0.15, -0.1) is 5.10 Å². The summed E-state index contributed by atoms with van der Waals surface area (Å²) in [5.74, 6) is 1.16. The lowest BCUT2D eigenvalue weighted by molar-refractivity contribution is 0.314. The molecule has 1 aromatic carbocycles. The summed E-state index contributed by atoms with van der Waals surface area (Å²) in [5, 5.41) is 4.88. The minimum Gasteiger partial charge on any atom is -0.480 e. The molecule has 0 aliphatic rings. The van der Waals surface area contributed by atoms with Crippen molar-refractivity contribution in [3.63, 3.8) is 0 Å². The largest absolute Gasteiger partial charge is 0.480 e. The number of ether oxygens (including phenoxy) is 1. The van der Waals surface area contributed by atoms with Crippen LogP contribution in [0.15, 0.2) is 32.6 Å².